The van der Waals surface area contributed by atoms with Crippen LogP contribution in [-0.4, -0.2) is 34.9 Å². The lowest BCUT2D eigenvalue weighted by molar-refractivity contribution is 0.0853. The van der Waals surface area contributed by atoms with Crippen LogP contribution in [0.15, 0.2) is 6.20 Å². The van der Waals surface area contributed by atoms with E-state index in [9.17, 15) is 4.79 Å². The number of ether oxygens (including phenoxy) is 1. The second-order valence-corrected chi connectivity index (χ2v) is 4.13. The average Bonchev–Trinajstić information content (AvgIpc) is 2.94. The molecule has 1 fully saturated rings. The van der Waals surface area contributed by atoms with Gasteiger partial charge in [0.1, 0.15) is 0 Å². The number of halogens is 1. The van der Waals surface area contributed by atoms with Crippen molar-refractivity contribution in [3.63, 3.8) is 0 Å². The van der Waals surface area contributed by atoms with Crippen LogP contribution < -0.4 is 11.1 Å². The van der Waals surface area contributed by atoms with Crippen LogP contribution in [0.2, 0.25) is 0 Å². The molecule has 1 saturated heterocycles. The minimum Gasteiger partial charge on any atom is -0.396 e. The Hall–Kier alpha value is -1.27. The van der Waals surface area contributed by atoms with Crippen molar-refractivity contribution in [2.24, 2.45) is 0 Å². The predicted molar refractivity (Wildman–Crippen MR) is 70.9 cm³/mol. The monoisotopic (exact) mass is 274 g/mol. The van der Waals surface area contributed by atoms with Gasteiger partial charge in [0.2, 0.25) is 0 Å². The first kappa shape index (κ1) is 14.8. The van der Waals surface area contributed by atoms with Crippen LogP contribution in [0.3, 0.4) is 0 Å². The molecule has 102 valence electrons. The summed E-state index contributed by atoms with van der Waals surface area (Å²) in [6.07, 6.45) is 3.86. The fraction of sp³-hybridized carbons (Fsp3) is 0.636. The molecule has 0 bridgehead atoms. The number of hydrogen-bond donors (Lipinski definition) is 2. The number of carbonyl (C=O) groups excluding carboxylic acids is 1. The molecule has 18 heavy (non-hydrogen) atoms. The van der Waals surface area contributed by atoms with Crippen LogP contribution in [0.1, 0.15) is 30.3 Å². The maximum Gasteiger partial charge on any atom is 0.274 e. The lowest BCUT2D eigenvalue weighted by atomic mass is 10.2. The number of carbonyl (C=O) groups is 1. The summed E-state index contributed by atoms with van der Waals surface area (Å²) >= 11 is 0. The van der Waals surface area contributed by atoms with E-state index in [4.69, 9.17) is 10.5 Å². The van der Waals surface area contributed by atoms with E-state index in [0.717, 1.165) is 19.4 Å². The van der Waals surface area contributed by atoms with Crippen LogP contribution in [-0.2, 0) is 11.3 Å². The summed E-state index contributed by atoms with van der Waals surface area (Å²) in [6.45, 7) is 3.95. The summed E-state index contributed by atoms with van der Waals surface area (Å²) in [5.74, 6) is -0.231. The van der Waals surface area contributed by atoms with E-state index in [2.05, 4.69) is 10.4 Å². The van der Waals surface area contributed by atoms with Gasteiger partial charge in [0.15, 0.2) is 5.69 Å². The highest BCUT2D eigenvalue weighted by Gasteiger charge is 2.19. The lowest BCUT2D eigenvalue weighted by Crippen LogP contribution is -2.32. The zero-order valence-corrected chi connectivity index (χ0v) is 11.2. The largest absolute Gasteiger partial charge is 0.396 e. The van der Waals surface area contributed by atoms with E-state index in [1.807, 2.05) is 6.92 Å². The van der Waals surface area contributed by atoms with Gasteiger partial charge in [0.05, 0.1) is 11.8 Å². The van der Waals surface area contributed by atoms with Gasteiger partial charge in [-0.05, 0) is 19.8 Å². The van der Waals surface area contributed by atoms with Crippen molar-refractivity contribution in [1.29, 1.82) is 0 Å². The number of nitrogens with two attached hydrogens (primary N) is 1. The van der Waals surface area contributed by atoms with Crippen molar-refractivity contribution in [2.75, 3.05) is 18.9 Å². The number of hydrogen-bond acceptors (Lipinski definition) is 4. The molecule has 1 unspecified atom stereocenters. The Balaban J connectivity index is 0.00000162. The predicted octanol–water partition coefficient (Wildman–Crippen LogP) is 0.816. The number of rotatable bonds is 4. The number of aryl methyl sites for hydroxylation is 1. The van der Waals surface area contributed by atoms with Gasteiger partial charge < -0.3 is 15.8 Å². The molecule has 0 aromatic carbocycles. The zero-order valence-electron chi connectivity index (χ0n) is 10.4. The van der Waals surface area contributed by atoms with Crippen molar-refractivity contribution in [1.82, 2.24) is 15.1 Å². The number of aromatic nitrogens is 2. The summed E-state index contributed by atoms with van der Waals surface area (Å²) < 4.78 is 7.07. The highest BCUT2D eigenvalue weighted by Crippen LogP contribution is 2.12. The molecule has 1 aliphatic heterocycles. The smallest absolute Gasteiger partial charge is 0.274 e. The fourth-order valence-electron chi connectivity index (χ4n) is 1.87. The van der Waals surface area contributed by atoms with Crippen LogP contribution >= 0.6 is 12.4 Å². The van der Waals surface area contributed by atoms with E-state index in [1.54, 1.807) is 10.9 Å². The molecule has 1 aromatic rings. The maximum atomic E-state index is 11.8. The summed E-state index contributed by atoms with van der Waals surface area (Å²) in [5.41, 5.74) is 6.44. The Morgan fingerprint density at radius 3 is 3.06 bits per heavy atom. The average molecular weight is 275 g/mol. The summed E-state index contributed by atoms with van der Waals surface area (Å²) in [5, 5.41) is 6.91. The first-order valence-electron chi connectivity index (χ1n) is 5.93. The minimum absolute atomic E-state index is 0. The summed E-state index contributed by atoms with van der Waals surface area (Å²) in [4.78, 5) is 11.8. The van der Waals surface area contributed by atoms with Crippen LogP contribution in [0.25, 0.3) is 0 Å². The molecule has 1 amide bonds. The molecular formula is C11H19ClN4O2. The van der Waals surface area contributed by atoms with E-state index in [0.29, 0.717) is 24.5 Å². The second kappa shape index (κ2) is 6.61. The van der Waals surface area contributed by atoms with Gasteiger partial charge in [-0.25, -0.2) is 0 Å². The summed E-state index contributed by atoms with van der Waals surface area (Å²) in [7, 11) is 0. The van der Waals surface area contributed by atoms with Gasteiger partial charge in [-0.15, -0.1) is 12.4 Å². The Kier molecular flexibility index (Phi) is 5.43. The molecule has 7 heteroatoms. The van der Waals surface area contributed by atoms with E-state index in [-0.39, 0.29) is 24.4 Å². The summed E-state index contributed by atoms with van der Waals surface area (Å²) in [6, 6.07) is 0. The SMILES string of the molecule is CCn1cc(N)c(C(=O)NCC2CCCO2)n1.Cl. The third-order valence-corrected chi connectivity index (χ3v) is 2.84. The van der Waals surface area contributed by atoms with Gasteiger partial charge in [-0.1, -0.05) is 0 Å². The van der Waals surface area contributed by atoms with Gasteiger partial charge in [-0.3, -0.25) is 9.48 Å². The van der Waals surface area contributed by atoms with Gasteiger partial charge >= 0.3 is 0 Å². The minimum atomic E-state index is -0.231. The Morgan fingerprint density at radius 2 is 2.50 bits per heavy atom. The first-order valence-corrected chi connectivity index (χ1v) is 5.93. The van der Waals surface area contributed by atoms with E-state index < -0.39 is 0 Å². The highest BCUT2D eigenvalue weighted by atomic mass is 35.5. The number of nitrogens with one attached hydrogen (secondary N) is 1. The molecule has 0 aliphatic carbocycles. The molecule has 1 aromatic heterocycles. The molecule has 6 nitrogen and oxygen atoms in total. The van der Waals surface area contributed by atoms with Crippen LogP contribution in [0.4, 0.5) is 5.69 Å². The third-order valence-electron chi connectivity index (χ3n) is 2.84. The number of nitrogen functional groups attached to an aromatic ring is 1. The van der Waals surface area contributed by atoms with Crippen molar-refractivity contribution < 1.29 is 9.53 Å². The van der Waals surface area contributed by atoms with Gasteiger partial charge in [0, 0.05) is 25.9 Å². The van der Waals surface area contributed by atoms with Gasteiger partial charge in [-0.2, -0.15) is 5.10 Å². The number of nitrogens with zero attached hydrogens (tertiary/aromatic N) is 2. The molecule has 1 aliphatic rings. The van der Waals surface area contributed by atoms with Gasteiger partial charge in [0.25, 0.3) is 5.91 Å². The Morgan fingerprint density at radius 1 is 1.72 bits per heavy atom. The van der Waals surface area contributed by atoms with Crippen molar-refractivity contribution in [2.45, 2.75) is 32.4 Å². The Labute approximate surface area is 112 Å². The normalized spacial score (nSPS) is 18.4. The molecule has 0 saturated carbocycles. The molecular weight excluding hydrogens is 256 g/mol. The molecule has 0 radical (unpaired) electrons. The maximum absolute atomic E-state index is 11.8. The van der Waals surface area contributed by atoms with E-state index in [1.165, 1.54) is 0 Å². The quantitative estimate of drug-likeness (QED) is 0.851. The fourth-order valence-corrected chi connectivity index (χ4v) is 1.87. The highest BCUT2D eigenvalue weighted by molar-refractivity contribution is 5.96. The second-order valence-electron chi connectivity index (χ2n) is 4.13. The first-order chi connectivity index (χ1) is 8.20. The van der Waals surface area contributed by atoms with E-state index >= 15 is 0 Å². The molecule has 3 N–H and O–H groups in total. The van der Waals surface area contributed by atoms with Crippen molar-refractivity contribution >= 4 is 24.0 Å². The van der Waals surface area contributed by atoms with Crippen LogP contribution in [0.5, 0.6) is 0 Å². The van der Waals surface area contributed by atoms with Crippen molar-refractivity contribution in [3.05, 3.63) is 11.9 Å². The molecule has 2 heterocycles. The Bertz CT molecular complexity index is 402. The standard InChI is InChI=1S/C11H18N4O2.ClH/c1-2-15-7-9(12)10(14-15)11(16)13-6-8-4-3-5-17-8;/h7-8H,2-6,12H2,1H3,(H,13,16);1H. The lowest BCUT2D eigenvalue weighted by Gasteiger charge is -2.09. The topological polar surface area (TPSA) is 82.2 Å². The van der Waals surface area contributed by atoms with Crippen molar-refractivity contribution in [3.8, 4) is 0 Å². The molecule has 0 spiro atoms. The number of anilines is 1. The zero-order chi connectivity index (χ0) is 12.3. The molecule has 2 rings (SSSR count). The molecule has 1 atom stereocenters. The number of amides is 1. The van der Waals surface area contributed by atoms with Crippen LogP contribution in [0, 0.1) is 0 Å². The third kappa shape index (κ3) is 3.36.